The molecule has 2 aliphatic heterocycles. The number of nitrogen functional groups attached to an aromatic ring is 1. The number of nitrogens with two attached hydrogens (primary N) is 1. The topological polar surface area (TPSA) is 428 Å². The van der Waals surface area contributed by atoms with E-state index in [1.54, 1.807) is 13.8 Å². The minimum absolute atomic E-state index is 0. The van der Waals surface area contributed by atoms with Crippen molar-refractivity contribution in [3.63, 3.8) is 0 Å². The molecule has 0 radical (unpaired) electrons. The molecular weight excluding hydrogens is 1800 g/mol. The third-order valence-corrected chi connectivity index (χ3v) is 15.7. The van der Waals surface area contributed by atoms with E-state index >= 15 is 0 Å². The molecule has 2 saturated heterocycles. The first-order valence-electron chi connectivity index (χ1n) is 53.5. The first-order chi connectivity index (χ1) is 74.3. The fraction of sp³-hybridized carbons (Fsp3) is 0.301. The van der Waals surface area contributed by atoms with Crippen LogP contribution in [0, 0.1) is 23.3 Å². The lowest BCUT2D eigenvalue weighted by molar-refractivity contribution is -0.132. The Morgan fingerprint density at radius 3 is 1.22 bits per heavy atom. The first kappa shape index (κ1) is 59.2. The molecule has 0 unspecified atom stereocenters. The van der Waals surface area contributed by atoms with E-state index < -0.39 is 186 Å². The second-order valence-corrected chi connectivity index (χ2v) is 26.6. The zero-order chi connectivity index (χ0) is 126. The molecule has 14 rings (SSSR count). The number of carbonyl (C=O) groups excluding carboxylic acids is 2. The number of anilines is 7. The Balaban J connectivity index is 0.000000360. The van der Waals surface area contributed by atoms with Crippen LogP contribution in [-0.2, 0) is 33.4 Å². The highest BCUT2D eigenvalue weighted by atomic mass is 35.5. The van der Waals surface area contributed by atoms with Crippen molar-refractivity contribution in [3.8, 4) is 46.0 Å². The van der Waals surface area contributed by atoms with Crippen molar-refractivity contribution in [2.75, 3.05) is 142 Å². The number of nitrogens with one attached hydrogen (secondary N) is 3. The maximum Gasteiger partial charge on any atom is 0.308 e. The largest absolute Gasteiger partial charge is 0.504 e. The van der Waals surface area contributed by atoms with Crippen LogP contribution in [0.15, 0.2) is 147 Å². The van der Waals surface area contributed by atoms with Crippen LogP contribution in [0.4, 0.5) is 57.8 Å². The minimum atomic E-state index is -4.72. The van der Waals surface area contributed by atoms with Gasteiger partial charge in [-0.15, -0.1) is 12.4 Å². The van der Waals surface area contributed by atoms with Gasteiger partial charge >= 0.3 is 11.9 Å². The Bertz CT molecular complexity index is 7540. The third kappa shape index (κ3) is 34.1. The van der Waals surface area contributed by atoms with Gasteiger partial charge in [0.1, 0.15) is 71.2 Å². The summed E-state index contributed by atoms with van der Waals surface area (Å²) in [5.74, 6) is -5.75. The summed E-state index contributed by atoms with van der Waals surface area (Å²) in [5, 5.41) is 34.8. The van der Waals surface area contributed by atoms with Gasteiger partial charge < -0.3 is 85.8 Å². The molecule has 32 nitrogen and oxygen atoms in total. The molecule has 11 N–H and O–H groups in total. The summed E-state index contributed by atoms with van der Waals surface area (Å²) in [6.07, 6.45) is -3.49. The first-order valence-corrected chi connectivity index (χ1v) is 37.2. The molecule has 0 amide bonds. The van der Waals surface area contributed by atoms with Crippen LogP contribution in [0.1, 0.15) is 95.3 Å². The summed E-state index contributed by atoms with van der Waals surface area (Å²) in [4.78, 5) is 52.9. The quantitative estimate of drug-likeness (QED) is 0.00780. The Morgan fingerprint density at radius 1 is 0.516 bits per heavy atom. The molecule has 0 bridgehead atoms. The van der Waals surface area contributed by atoms with Gasteiger partial charge in [-0.1, -0.05) is 58.0 Å². The average molecular weight is 1940 g/mol. The van der Waals surface area contributed by atoms with Crippen molar-refractivity contribution in [2.24, 2.45) is 0 Å². The number of esters is 2. The van der Waals surface area contributed by atoms with E-state index in [1.807, 2.05) is 0 Å². The Labute approximate surface area is 811 Å². The van der Waals surface area contributed by atoms with Gasteiger partial charge in [0, 0.05) is 157 Å². The second kappa shape index (κ2) is 53.6. The monoisotopic (exact) mass is 1930 g/mol. The van der Waals surface area contributed by atoms with Crippen LogP contribution < -0.4 is 61.0 Å². The van der Waals surface area contributed by atoms with Gasteiger partial charge in [-0.05, 0) is 124 Å². The molecule has 0 aliphatic carbocycles. The number of aromatic nitrogens is 8. The van der Waals surface area contributed by atoms with Gasteiger partial charge in [-0.3, -0.25) is 23.6 Å². The number of methoxy groups -OCH3 is 4. The molecule has 2 fully saturated rings. The standard InChI is InChI=1S/C22H24ClFN4O3.C17H13ClFN3O3.C15H11ClFN3O2.C11H9ClN2O3.C8H17NO4S.C6H5ClFN.C3H8O.CH4O.ClH.H3N/c1-29-20-13-19-16(12-21(20)31-8-2-5-28-6-9-30-10-7-28)22(26-14-25-19)27-15-3-4-18(24)17(23)11-15;1-9(23)25-16-6-11-14(7-15(16)24-2)20-8-21-17(11)22-10-3-4-13(19)12(18)5-10;1-22-14-6-12-9(5-13(14)21)15(19-7-18-12)20-8-2-3-11(17)10(16)4-8;1-6(15)17-10-3-7-8(4-9(10)16-2)13-5-14-11(7)12;1-14(10,11)13-6-2-3-9-4-7-12-8-5-9;7-5-3-4(9)1-2-6(5)8;1-3(2)4;1-2;;/h3-4,11-14H,2,5-10H2,1H3,(H,25,26,27);3-8H,1-2H3,(H,20,21,22);2-7,21H,1H3,(H,18,19,20);3-5H,1-2H3;2-8H2,1H3;1-3H,9H2;3-4H,1-2H3;2H,1H3;1H;1H3/i1D3,2D2,5D2,6D2,7D2,8D2,9D2,10D2;2D3;1D3;2D3;2D2,3D2,4D2,5D2,6D2,7D2,8D2;;;;;. The van der Waals surface area contributed by atoms with E-state index in [0.29, 0.717) is 67.7 Å². The highest BCUT2D eigenvalue weighted by Gasteiger charge is 2.20. The van der Waals surface area contributed by atoms with E-state index in [9.17, 15) is 40.7 Å². The van der Waals surface area contributed by atoms with Crippen molar-refractivity contribution < 1.29 is 153 Å². The number of aliphatic hydroxyl groups excluding tert-OH is 2. The predicted molar refractivity (Wildman–Crippen MR) is 481 cm³/mol. The number of halogens is 10. The lowest BCUT2D eigenvalue weighted by atomic mass is 10.2. The number of benzene rings is 8. The van der Waals surface area contributed by atoms with Crippen LogP contribution in [0.3, 0.4) is 0 Å². The van der Waals surface area contributed by atoms with Crippen LogP contribution >= 0.6 is 70.4 Å². The summed E-state index contributed by atoms with van der Waals surface area (Å²) in [5.41, 5.74) is 7.89. The van der Waals surface area contributed by atoms with Crippen LogP contribution in [0.2, 0.25) is 25.2 Å². The number of phenolic OH excluding ortho intramolecular Hbond substituents is 1. The number of fused-ring (bicyclic) bond motifs is 4. The summed E-state index contributed by atoms with van der Waals surface area (Å²) >= 11 is 28.6. The molecule has 12 aromatic rings. The summed E-state index contributed by atoms with van der Waals surface area (Å²) in [7, 11) is -15.1. The van der Waals surface area contributed by atoms with E-state index in [4.69, 9.17) is 162 Å². The maximum atomic E-state index is 13.7. The van der Waals surface area contributed by atoms with E-state index in [1.165, 1.54) is 136 Å². The number of aromatic hydroxyl groups is 1. The number of aliphatic hydroxyl groups is 2. The number of hydrogen-bond donors (Lipinski definition) is 8. The Kier molecular flexibility index (Phi) is 25.2. The Morgan fingerprint density at radius 2 is 0.849 bits per heavy atom. The maximum absolute atomic E-state index is 13.7. The zero-order valence-corrected chi connectivity index (χ0v) is 70.4. The number of hydrogen-bond acceptors (Lipinski definition) is 32. The number of rotatable bonds is 22. The van der Waals surface area contributed by atoms with Crippen LogP contribution in [0.5, 0.6) is 46.0 Å². The molecule has 0 spiro atoms. The molecule has 43 heteroatoms. The van der Waals surface area contributed by atoms with Crippen LogP contribution in [-0.4, -0.2) is 211 Å². The number of phenols is 1. The average Bonchev–Trinajstić information content (AvgIpc) is 0.685. The van der Waals surface area contributed by atoms with Gasteiger partial charge in [0.2, 0.25) is 0 Å². The fourth-order valence-electron chi connectivity index (χ4n) is 8.87. The molecular formula is C83H95Cl6F4N15O17S. The summed E-state index contributed by atoms with van der Waals surface area (Å²) < 4.78 is 431. The molecule has 0 atom stereocenters. The highest BCUT2D eigenvalue weighted by Crippen LogP contribution is 2.40. The fourth-order valence-corrected chi connectivity index (χ4v) is 9.99. The van der Waals surface area contributed by atoms with Crippen molar-refractivity contribution in [3.05, 3.63) is 195 Å². The number of nitrogens with zero attached hydrogens (tertiary/aromatic N) is 10. The van der Waals surface area contributed by atoms with Gasteiger partial charge in [0.25, 0.3) is 10.1 Å². The SMILES string of the molecule is CC(C)O.CO.Cl.N.Nc1ccc(F)c(Cl)c1.[2H]C([2H])([2H])Oc1cc2ncnc(Cl)c2cc1OC(C)=O.[2H]C([2H])([2H])Oc1cc2ncnc(Nc3ccc(F)c(Cl)c3)c2cc1O.[2H]C([2H])([2H])Oc1cc2ncnc(Nc3ccc(F)c(Cl)c3)c2cc1OC(C)=O.[2H]C([2H])([2H])Oc1cc2ncnc(Nc3ccc(F)c(Cl)c3)c2cc1OC([2H])([2H])C([2H])([2H])C([2H])([2H])N1C([2H])([2H])C([2H])([2H])OC([2H])([2H])C1([2H])[2H].[2H]C1([2H])OC([2H])([2H])C([2H])([2H])N(C([2H])([2H])C([2H])([2H])C([2H])([2H])OS(C)(=O)=O)C1([2H])[2H]. The van der Waals surface area contributed by atoms with E-state index in [0.717, 1.165) is 31.6 Å². The summed E-state index contributed by atoms with van der Waals surface area (Å²) in [6, 6.07) is 25.5. The number of morpholine rings is 2. The van der Waals surface area contributed by atoms with Gasteiger partial charge in [0.05, 0.1) is 149 Å². The highest BCUT2D eigenvalue weighted by molar-refractivity contribution is 7.86. The van der Waals surface area contributed by atoms with Gasteiger partial charge in [-0.2, -0.15) is 8.42 Å². The van der Waals surface area contributed by atoms with Crippen molar-refractivity contribution in [2.45, 2.75) is 46.5 Å². The zero-order valence-electron chi connectivity index (χ0n) is 105. The predicted octanol–water partition coefficient (Wildman–Crippen LogP) is 16.8. The Hall–Kier alpha value is -10.9. The molecule has 4 aromatic heterocycles. The third-order valence-electron chi connectivity index (χ3n) is 13.8. The smallest absolute Gasteiger partial charge is 0.308 e. The van der Waals surface area contributed by atoms with Gasteiger partial charge in [0.15, 0.2) is 46.0 Å². The molecule has 126 heavy (non-hydrogen) atoms. The van der Waals surface area contributed by atoms with E-state index in [-0.39, 0.29) is 107 Å². The molecule has 680 valence electrons. The van der Waals surface area contributed by atoms with Gasteiger partial charge in [-0.25, -0.2) is 57.4 Å². The second-order valence-electron chi connectivity index (χ2n) is 23.0. The van der Waals surface area contributed by atoms with Crippen molar-refractivity contribution >= 4 is 176 Å². The lowest BCUT2D eigenvalue weighted by Crippen LogP contribution is -2.37. The van der Waals surface area contributed by atoms with Crippen molar-refractivity contribution in [1.82, 2.24) is 55.8 Å². The lowest BCUT2D eigenvalue weighted by Gasteiger charge is -2.26. The number of ether oxygens (including phenoxy) is 9. The normalized spacial score (nSPS) is 21.1. The minimum Gasteiger partial charge on any atom is -0.504 e. The molecule has 2 aliphatic rings. The molecule has 0 saturated carbocycles. The van der Waals surface area contributed by atoms with Crippen molar-refractivity contribution in [1.29, 1.82) is 0 Å². The van der Waals surface area contributed by atoms with E-state index in [2.05, 4.69) is 69.5 Å². The number of carbonyl (C=O) groups is 2. The summed E-state index contributed by atoms with van der Waals surface area (Å²) in [6.45, 7) is -41.6. The molecule has 6 heterocycles. The van der Waals surface area contributed by atoms with Crippen LogP contribution in [0.25, 0.3) is 43.6 Å². The molecule has 8 aromatic carbocycles.